The van der Waals surface area contributed by atoms with Gasteiger partial charge in [0.05, 0.1) is 5.41 Å². The Balaban J connectivity index is 2.29. The van der Waals surface area contributed by atoms with Gasteiger partial charge < -0.3 is 5.11 Å². The van der Waals surface area contributed by atoms with Gasteiger partial charge in [-0.15, -0.1) is 0 Å². The van der Waals surface area contributed by atoms with Gasteiger partial charge in [-0.05, 0) is 49.1 Å². The van der Waals surface area contributed by atoms with Crippen molar-refractivity contribution in [3.05, 3.63) is 69.7 Å². The molecule has 0 atom stereocenters. The van der Waals surface area contributed by atoms with Crippen LogP contribution in [0.4, 0.5) is 0 Å². The fourth-order valence-corrected chi connectivity index (χ4v) is 2.52. The normalized spacial score (nSPS) is 11.3. The number of carboxylic acid groups (broad SMARTS) is 1. The Morgan fingerprint density at radius 2 is 1.70 bits per heavy atom. The molecule has 20 heavy (non-hydrogen) atoms. The van der Waals surface area contributed by atoms with Gasteiger partial charge in [0.2, 0.25) is 0 Å². The molecule has 2 rings (SSSR count). The van der Waals surface area contributed by atoms with Gasteiger partial charge in [0.25, 0.3) is 0 Å². The summed E-state index contributed by atoms with van der Waals surface area (Å²) in [6.45, 7) is 3.46. The maximum Gasteiger partial charge on any atom is 0.313 e. The van der Waals surface area contributed by atoms with Gasteiger partial charge >= 0.3 is 5.97 Å². The van der Waals surface area contributed by atoms with Crippen molar-refractivity contribution in [2.75, 3.05) is 0 Å². The Hall–Kier alpha value is -1.61. The van der Waals surface area contributed by atoms with Gasteiger partial charge in [-0.2, -0.15) is 0 Å². The third-order valence-corrected chi connectivity index (χ3v) is 3.97. The lowest BCUT2D eigenvalue weighted by Gasteiger charge is -2.20. The Labute approximate surface area is 127 Å². The Morgan fingerprint density at radius 3 is 2.30 bits per heavy atom. The molecule has 0 amide bonds. The lowest BCUT2D eigenvalue weighted by molar-refractivity contribution is -0.142. The molecule has 3 heteroatoms. The third kappa shape index (κ3) is 3.28. The van der Waals surface area contributed by atoms with Crippen LogP contribution in [0.2, 0.25) is 0 Å². The lowest BCUT2D eigenvalue weighted by atomic mass is 9.83. The number of benzene rings is 2. The molecule has 0 aliphatic rings. The molecule has 0 heterocycles. The summed E-state index contributed by atoms with van der Waals surface area (Å²) in [4.78, 5) is 11.3. The number of hydrogen-bond acceptors (Lipinski definition) is 1. The molecule has 2 nitrogen and oxygen atoms in total. The molecule has 104 valence electrons. The van der Waals surface area contributed by atoms with Crippen molar-refractivity contribution in [2.24, 2.45) is 0 Å². The van der Waals surface area contributed by atoms with E-state index >= 15 is 0 Å². The van der Waals surface area contributed by atoms with E-state index in [1.54, 1.807) is 13.8 Å². The van der Waals surface area contributed by atoms with Crippen LogP contribution in [0.3, 0.4) is 0 Å². The average molecular weight is 333 g/mol. The minimum Gasteiger partial charge on any atom is -0.481 e. The van der Waals surface area contributed by atoms with Crippen LogP contribution < -0.4 is 0 Å². The number of halogens is 1. The summed E-state index contributed by atoms with van der Waals surface area (Å²) in [6.07, 6.45) is 0.795. The summed E-state index contributed by atoms with van der Waals surface area (Å²) in [6, 6.07) is 16.0. The first-order chi connectivity index (χ1) is 9.39. The van der Waals surface area contributed by atoms with Crippen molar-refractivity contribution >= 4 is 21.9 Å². The van der Waals surface area contributed by atoms with E-state index in [1.807, 2.05) is 36.4 Å². The van der Waals surface area contributed by atoms with E-state index in [2.05, 4.69) is 28.1 Å². The zero-order chi connectivity index (χ0) is 14.8. The fraction of sp³-hybridized carbons (Fsp3) is 0.235. The first kappa shape index (κ1) is 14.8. The quantitative estimate of drug-likeness (QED) is 0.900. The SMILES string of the molecule is CC(C)(C(=O)O)c1cccc(Cc2cccc(Br)c2)c1. The van der Waals surface area contributed by atoms with Crippen LogP contribution >= 0.6 is 15.9 Å². The largest absolute Gasteiger partial charge is 0.481 e. The number of hydrogen-bond donors (Lipinski definition) is 1. The average Bonchev–Trinajstić information content (AvgIpc) is 2.39. The van der Waals surface area contributed by atoms with E-state index in [4.69, 9.17) is 0 Å². The topological polar surface area (TPSA) is 37.3 Å². The molecule has 1 N–H and O–H groups in total. The predicted molar refractivity (Wildman–Crippen MR) is 84.1 cm³/mol. The van der Waals surface area contributed by atoms with Gasteiger partial charge in [0, 0.05) is 4.47 Å². The second-order valence-electron chi connectivity index (χ2n) is 5.44. The van der Waals surface area contributed by atoms with Crippen LogP contribution in [-0.2, 0) is 16.6 Å². The standard InChI is InChI=1S/C17H17BrO2/c1-17(2,16(19)20)14-7-3-5-12(10-14)9-13-6-4-8-15(18)11-13/h3-8,10-11H,9H2,1-2H3,(H,19,20). The van der Waals surface area contributed by atoms with Gasteiger partial charge in [0.15, 0.2) is 0 Å². The minimum atomic E-state index is -0.868. The lowest BCUT2D eigenvalue weighted by Crippen LogP contribution is -2.28. The summed E-state index contributed by atoms with van der Waals surface area (Å²) in [5, 5.41) is 9.31. The predicted octanol–water partition coefficient (Wildman–Crippen LogP) is 4.40. The molecule has 0 aromatic heterocycles. The molecule has 2 aromatic rings. The highest BCUT2D eigenvalue weighted by Crippen LogP contribution is 2.25. The monoisotopic (exact) mass is 332 g/mol. The van der Waals surface area contributed by atoms with Crippen molar-refractivity contribution < 1.29 is 9.90 Å². The number of carbonyl (C=O) groups is 1. The second-order valence-corrected chi connectivity index (χ2v) is 6.35. The van der Waals surface area contributed by atoms with Crippen LogP contribution in [0.1, 0.15) is 30.5 Å². The van der Waals surface area contributed by atoms with E-state index in [-0.39, 0.29) is 0 Å². The first-order valence-corrected chi connectivity index (χ1v) is 7.26. The molecule has 0 unspecified atom stereocenters. The molecule has 0 spiro atoms. The van der Waals surface area contributed by atoms with Gasteiger partial charge in [-0.25, -0.2) is 0 Å². The highest BCUT2D eigenvalue weighted by molar-refractivity contribution is 9.10. The maximum atomic E-state index is 11.3. The van der Waals surface area contributed by atoms with Gasteiger partial charge in [-0.1, -0.05) is 52.3 Å². The second kappa shape index (κ2) is 5.80. The molecule has 0 aliphatic heterocycles. The summed E-state index contributed by atoms with van der Waals surface area (Å²) < 4.78 is 1.05. The van der Waals surface area contributed by atoms with E-state index in [0.29, 0.717) is 0 Å². The molecule has 0 saturated heterocycles. The molecule has 0 fully saturated rings. The van der Waals surface area contributed by atoms with Gasteiger partial charge in [-0.3, -0.25) is 4.79 Å². The molecule has 0 radical (unpaired) electrons. The Morgan fingerprint density at radius 1 is 1.10 bits per heavy atom. The van der Waals surface area contributed by atoms with E-state index < -0.39 is 11.4 Å². The summed E-state index contributed by atoms with van der Waals surface area (Å²) in [5.74, 6) is -0.808. The summed E-state index contributed by atoms with van der Waals surface area (Å²) >= 11 is 3.46. The number of carboxylic acids is 1. The highest BCUT2D eigenvalue weighted by atomic mass is 79.9. The zero-order valence-electron chi connectivity index (χ0n) is 11.6. The molecular weight excluding hydrogens is 316 g/mol. The van der Waals surface area contributed by atoms with E-state index in [9.17, 15) is 9.90 Å². The molecule has 0 bridgehead atoms. The first-order valence-electron chi connectivity index (χ1n) is 6.47. The van der Waals surface area contributed by atoms with Crippen LogP contribution in [0.25, 0.3) is 0 Å². The number of aliphatic carboxylic acids is 1. The highest BCUT2D eigenvalue weighted by Gasteiger charge is 2.29. The van der Waals surface area contributed by atoms with Crippen molar-refractivity contribution in [2.45, 2.75) is 25.7 Å². The van der Waals surface area contributed by atoms with Crippen LogP contribution in [0.5, 0.6) is 0 Å². The van der Waals surface area contributed by atoms with Crippen LogP contribution in [0, 0.1) is 0 Å². The molecular formula is C17H17BrO2. The maximum absolute atomic E-state index is 11.3. The van der Waals surface area contributed by atoms with Gasteiger partial charge in [0.1, 0.15) is 0 Å². The summed E-state index contributed by atoms with van der Waals surface area (Å²) in [7, 11) is 0. The van der Waals surface area contributed by atoms with Crippen LogP contribution in [0.15, 0.2) is 53.0 Å². The zero-order valence-corrected chi connectivity index (χ0v) is 13.1. The van der Waals surface area contributed by atoms with Crippen molar-refractivity contribution in [3.63, 3.8) is 0 Å². The molecule has 0 saturated carbocycles. The smallest absolute Gasteiger partial charge is 0.313 e. The molecule has 2 aromatic carbocycles. The van der Waals surface area contributed by atoms with Crippen LogP contribution in [-0.4, -0.2) is 11.1 Å². The fourth-order valence-electron chi connectivity index (χ4n) is 2.08. The Kier molecular flexibility index (Phi) is 4.29. The van der Waals surface area contributed by atoms with Crippen molar-refractivity contribution in [1.82, 2.24) is 0 Å². The molecule has 0 aliphatic carbocycles. The summed E-state index contributed by atoms with van der Waals surface area (Å²) in [5.41, 5.74) is 2.28. The number of rotatable bonds is 4. The minimum absolute atomic E-state index is 0.795. The Bertz CT molecular complexity index is 632. The van der Waals surface area contributed by atoms with E-state index in [0.717, 1.165) is 22.0 Å². The van der Waals surface area contributed by atoms with Crippen molar-refractivity contribution in [1.29, 1.82) is 0 Å². The van der Waals surface area contributed by atoms with Crippen molar-refractivity contribution in [3.8, 4) is 0 Å². The third-order valence-electron chi connectivity index (χ3n) is 3.48. The van der Waals surface area contributed by atoms with E-state index in [1.165, 1.54) is 5.56 Å².